The van der Waals surface area contributed by atoms with E-state index in [2.05, 4.69) is 4.98 Å². The third-order valence-electron chi connectivity index (χ3n) is 1.63. The maximum absolute atomic E-state index is 10.8. The molecule has 0 aliphatic carbocycles. The van der Waals surface area contributed by atoms with Crippen LogP contribution in [0, 0.1) is 0 Å². The first-order valence-electron chi connectivity index (χ1n) is 3.68. The molecule has 0 radical (unpaired) electrons. The van der Waals surface area contributed by atoms with E-state index in [0.717, 1.165) is 12.1 Å². The van der Waals surface area contributed by atoms with Crippen molar-refractivity contribution in [2.24, 2.45) is 5.73 Å². The van der Waals surface area contributed by atoms with E-state index in [-0.39, 0.29) is 11.5 Å². The number of aromatic amines is 1. The van der Waals surface area contributed by atoms with Gasteiger partial charge >= 0.3 is 0 Å². The number of aromatic nitrogens is 1. The summed E-state index contributed by atoms with van der Waals surface area (Å²) in [5.74, 6) is 0. The van der Waals surface area contributed by atoms with Gasteiger partial charge in [0, 0.05) is 30.1 Å². The molecule has 0 spiro atoms. The van der Waals surface area contributed by atoms with Crippen molar-refractivity contribution in [1.82, 2.24) is 4.98 Å². The second kappa shape index (κ2) is 3.34. The Labute approximate surface area is 65.2 Å². The number of rotatable bonds is 2. The Morgan fingerprint density at radius 1 is 1.73 bits per heavy atom. The van der Waals surface area contributed by atoms with E-state index in [1.807, 2.05) is 6.92 Å². The lowest BCUT2D eigenvalue weighted by Gasteiger charge is -2.06. The summed E-state index contributed by atoms with van der Waals surface area (Å²) in [6.07, 6.45) is 2.45. The van der Waals surface area contributed by atoms with E-state index < -0.39 is 0 Å². The molecule has 1 aromatic heterocycles. The molecule has 0 unspecified atom stereocenters. The highest BCUT2D eigenvalue weighted by molar-refractivity contribution is 5.07. The minimum atomic E-state index is -0.0519. The monoisotopic (exact) mass is 152 g/mol. The van der Waals surface area contributed by atoms with E-state index in [1.165, 1.54) is 12.1 Å². The zero-order valence-electron chi connectivity index (χ0n) is 6.50. The summed E-state index contributed by atoms with van der Waals surface area (Å²) in [4.78, 5) is 13.8. The number of pyridine rings is 1. The molecule has 0 aromatic carbocycles. The molecule has 3 heteroatoms. The van der Waals surface area contributed by atoms with Crippen molar-refractivity contribution in [2.45, 2.75) is 19.4 Å². The molecule has 3 nitrogen and oxygen atoms in total. The second-order valence-corrected chi connectivity index (χ2v) is 2.49. The van der Waals surface area contributed by atoms with Crippen molar-refractivity contribution >= 4 is 0 Å². The van der Waals surface area contributed by atoms with Crippen molar-refractivity contribution in [1.29, 1.82) is 0 Å². The third-order valence-corrected chi connectivity index (χ3v) is 1.63. The highest BCUT2D eigenvalue weighted by Gasteiger charge is 2.01. The third kappa shape index (κ3) is 1.91. The fourth-order valence-electron chi connectivity index (χ4n) is 0.897. The van der Waals surface area contributed by atoms with Gasteiger partial charge in [-0.25, -0.2) is 0 Å². The van der Waals surface area contributed by atoms with E-state index in [9.17, 15) is 4.79 Å². The van der Waals surface area contributed by atoms with Crippen LogP contribution in [0.2, 0.25) is 0 Å². The molecule has 3 N–H and O–H groups in total. The molecule has 0 bridgehead atoms. The molecular formula is C8H12N2O. The molecule has 1 atom stereocenters. The summed E-state index contributed by atoms with van der Waals surface area (Å²) in [6.45, 7) is 1.98. The molecule has 0 fully saturated rings. The largest absolute Gasteiger partial charge is 0.363 e. The van der Waals surface area contributed by atoms with Gasteiger partial charge in [-0.1, -0.05) is 6.92 Å². The van der Waals surface area contributed by atoms with Gasteiger partial charge in [0.25, 0.3) is 0 Å². The Morgan fingerprint density at radius 2 is 2.45 bits per heavy atom. The second-order valence-electron chi connectivity index (χ2n) is 2.49. The highest BCUT2D eigenvalue weighted by atomic mass is 16.1. The Kier molecular flexibility index (Phi) is 2.44. The summed E-state index contributed by atoms with van der Waals surface area (Å²) in [5, 5.41) is 0. The first-order chi connectivity index (χ1) is 5.24. The molecule has 0 aliphatic heterocycles. The normalized spacial score (nSPS) is 12.9. The van der Waals surface area contributed by atoms with Crippen LogP contribution >= 0.6 is 0 Å². The average Bonchev–Trinajstić information content (AvgIpc) is 2.03. The van der Waals surface area contributed by atoms with Gasteiger partial charge in [0.05, 0.1) is 0 Å². The van der Waals surface area contributed by atoms with Crippen LogP contribution in [0.1, 0.15) is 25.1 Å². The van der Waals surface area contributed by atoms with Gasteiger partial charge in [0.15, 0.2) is 5.43 Å². The molecule has 1 aromatic rings. The number of nitrogens with one attached hydrogen (secondary N) is 1. The van der Waals surface area contributed by atoms with Gasteiger partial charge in [0.1, 0.15) is 0 Å². The van der Waals surface area contributed by atoms with Crippen LogP contribution < -0.4 is 11.2 Å². The highest BCUT2D eigenvalue weighted by Crippen LogP contribution is 2.06. The van der Waals surface area contributed by atoms with Gasteiger partial charge < -0.3 is 10.7 Å². The fourth-order valence-corrected chi connectivity index (χ4v) is 0.897. The summed E-state index contributed by atoms with van der Waals surface area (Å²) in [6, 6.07) is 2.96. The summed E-state index contributed by atoms with van der Waals surface area (Å²) >= 11 is 0. The van der Waals surface area contributed by atoms with Crippen LogP contribution in [-0.2, 0) is 0 Å². The zero-order chi connectivity index (χ0) is 8.27. The molecule has 0 saturated heterocycles. The zero-order valence-corrected chi connectivity index (χ0v) is 6.50. The van der Waals surface area contributed by atoms with Crippen molar-refractivity contribution < 1.29 is 0 Å². The lowest BCUT2D eigenvalue weighted by molar-refractivity contribution is 0.674. The molecule has 1 heterocycles. The Morgan fingerprint density at radius 3 is 3.00 bits per heavy atom. The Bertz CT molecular complexity index is 279. The van der Waals surface area contributed by atoms with Gasteiger partial charge in [-0.05, 0) is 6.42 Å². The van der Waals surface area contributed by atoms with Crippen LogP contribution in [0.15, 0.2) is 23.1 Å². The minimum Gasteiger partial charge on any atom is -0.363 e. The van der Waals surface area contributed by atoms with Crippen molar-refractivity contribution in [3.63, 3.8) is 0 Å². The lowest BCUT2D eigenvalue weighted by atomic mass is 10.1. The smallest absolute Gasteiger partial charge is 0.181 e. The minimum absolute atomic E-state index is 0.00245. The van der Waals surface area contributed by atoms with E-state index in [0.29, 0.717) is 0 Å². The maximum atomic E-state index is 10.8. The molecule has 0 saturated carbocycles. The maximum Gasteiger partial charge on any atom is 0.181 e. The average molecular weight is 152 g/mol. The SMILES string of the molecule is CC[C@H](N)c1cc(=O)cc[nH]1. The fraction of sp³-hybridized carbons (Fsp3) is 0.375. The summed E-state index contributed by atoms with van der Waals surface area (Å²) in [5.41, 5.74) is 6.50. The van der Waals surface area contributed by atoms with Gasteiger partial charge in [-0.2, -0.15) is 0 Å². The van der Waals surface area contributed by atoms with Crippen LogP contribution in [0.25, 0.3) is 0 Å². The van der Waals surface area contributed by atoms with Gasteiger partial charge in [0.2, 0.25) is 0 Å². The number of nitrogens with two attached hydrogens (primary N) is 1. The van der Waals surface area contributed by atoms with Crippen molar-refractivity contribution in [3.05, 3.63) is 34.2 Å². The molecule has 11 heavy (non-hydrogen) atoms. The van der Waals surface area contributed by atoms with Crippen LogP contribution in [0.5, 0.6) is 0 Å². The topological polar surface area (TPSA) is 58.9 Å². The van der Waals surface area contributed by atoms with Crippen molar-refractivity contribution in [3.8, 4) is 0 Å². The molecule has 1 rings (SSSR count). The molecule has 0 amide bonds. The molecular weight excluding hydrogens is 140 g/mol. The van der Waals surface area contributed by atoms with Crippen LogP contribution in [-0.4, -0.2) is 4.98 Å². The number of hydrogen-bond acceptors (Lipinski definition) is 2. The Hall–Kier alpha value is -1.09. The van der Waals surface area contributed by atoms with E-state index in [4.69, 9.17) is 5.73 Å². The number of hydrogen-bond donors (Lipinski definition) is 2. The number of H-pyrrole nitrogens is 1. The molecule has 60 valence electrons. The first-order valence-corrected chi connectivity index (χ1v) is 3.68. The quantitative estimate of drug-likeness (QED) is 0.658. The predicted molar refractivity (Wildman–Crippen MR) is 44.3 cm³/mol. The van der Waals surface area contributed by atoms with Gasteiger partial charge in [-0.15, -0.1) is 0 Å². The first kappa shape index (κ1) is 8.01. The van der Waals surface area contributed by atoms with E-state index in [1.54, 1.807) is 6.20 Å². The standard InChI is InChI=1S/C8H12N2O/c1-2-7(9)8-5-6(11)3-4-10-8/h3-5,7H,2,9H2,1H3,(H,10,11)/t7-/m0/s1. The summed E-state index contributed by atoms with van der Waals surface area (Å²) < 4.78 is 0. The molecule has 0 aliphatic rings. The summed E-state index contributed by atoms with van der Waals surface area (Å²) in [7, 11) is 0. The lowest BCUT2D eigenvalue weighted by Crippen LogP contribution is -2.13. The predicted octanol–water partition coefficient (Wildman–Crippen LogP) is 0.785. The van der Waals surface area contributed by atoms with Crippen molar-refractivity contribution in [2.75, 3.05) is 0 Å². The van der Waals surface area contributed by atoms with Gasteiger partial charge in [-0.3, -0.25) is 4.79 Å². The van der Waals surface area contributed by atoms with Crippen LogP contribution in [0.3, 0.4) is 0 Å². The Balaban J connectivity index is 2.96. The van der Waals surface area contributed by atoms with Crippen LogP contribution in [0.4, 0.5) is 0 Å². The van der Waals surface area contributed by atoms with E-state index >= 15 is 0 Å².